The second kappa shape index (κ2) is 7.24. The number of likely N-dealkylation sites (N-methyl/N-ethyl adjacent to an activating group) is 1. The average molecular weight is 282 g/mol. The first kappa shape index (κ1) is 16.3. The van der Waals surface area contributed by atoms with Gasteiger partial charge in [-0.15, -0.1) is 0 Å². The van der Waals surface area contributed by atoms with Gasteiger partial charge in [-0.3, -0.25) is 4.90 Å². The Hall–Kier alpha value is -0.120. The molecule has 1 heterocycles. The lowest BCUT2D eigenvalue weighted by molar-refractivity contribution is -0.00997. The van der Waals surface area contributed by atoms with Crippen LogP contribution in [-0.4, -0.2) is 42.8 Å². The monoisotopic (exact) mass is 282 g/mol. The number of nitrogens with two attached hydrogens (primary N) is 1. The first-order valence-corrected chi connectivity index (χ1v) is 8.68. The van der Waals surface area contributed by atoms with Gasteiger partial charge in [-0.25, -0.2) is 0 Å². The van der Waals surface area contributed by atoms with Crippen molar-refractivity contribution in [2.45, 2.75) is 70.9 Å². The predicted octanol–water partition coefficient (Wildman–Crippen LogP) is 3.03. The highest BCUT2D eigenvalue weighted by molar-refractivity contribution is 4.97. The van der Waals surface area contributed by atoms with Gasteiger partial charge in [0.15, 0.2) is 0 Å². The fourth-order valence-electron chi connectivity index (χ4n) is 4.25. The summed E-state index contributed by atoms with van der Waals surface area (Å²) >= 11 is 0. The molecule has 3 nitrogen and oxygen atoms in total. The predicted molar refractivity (Wildman–Crippen MR) is 84.8 cm³/mol. The summed E-state index contributed by atoms with van der Waals surface area (Å²) in [7, 11) is 0. The third-order valence-corrected chi connectivity index (χ3v) is 5.68. The number of hydrogen-bond donors (Lipinski definition) is 1. The molecule has 3 heteroatoms. The van der Waals surface area contributed by atoms with Crippen molar-refractivity contribution in [1.29, 1.82) is 0 Å². The summed E-state index contributed by atoms with van der Waals surface area (Å²) < 4.78 is 5.86. The van der Waals surface area contributed by atoms with Crippen LogP contribution in [0.15, 0.2) is 0 Å². The van der Waals surface area contributed by atoms with Gasteiger partial charge in [0, 0.05) is 25.2 Å². The topological polar surface area (TPSA) is 38.5 Å². The molecule has 1 saturated heterocycles. The van der Waals surface area contributed by atoms with Crippen molar-refractivity contribution in [3.05, 3.63) is 0 Å². The van der Waals surface area contributed by atoms with Gasteiger partial charge in [0.2, 0.25) is 0 Å². The van der Waals surface area contributed by atoms with Gasteiger partial charge in [-0.2, -0.15) is 0 Å². The molecule has 0 spiro atoms. The first-order valence-electron chi connectivity index (χ1n) is 8.68. The lowest BCUT2D eigenvalue weighted by Crippen LogP contribution is -2.58. The van der Waals surface area contributed by atoms with Crippen molar-refractivity contribution < 1.29 is 4.74 Å². The van der Waals surface area contributed by atoms with Crippen LogP contribution in [0.3, 0.4) is 0 Å². The van der Waals surface area contributed by atoms with E-state index in [2.05, 4.69) is 25.7 Å². The van der Waals surface area contributed by atoms with Gasteiger partial charge in [-0.05, 0) is 44.1 Å². The van der Waals surface area contributed by atoms with Crippen LogP contribution in [0.4, 0.5) is 0 Å². The van der Waals surface area contributed by atoms with Crippen LogP contribution in [0.25, 0.3) is 0 Å². The zero-order valence-electron chi connectivity index (χ0n) is 13.7. The number of nitrogens with zero attached hydrogens (tertiary/aromatic N) is 1. The molecule has 1 aliphatic heterocycles. The summed E-state index contributed by atoms with van der Waals surface area (Å²) in [5.74, 6) is 1.62. The first-order chi connectivity index (χ1) is 9.61. The van der Waals surface area contributed by atoms with Crippen molar-refractivity contribution in [3.8, 4) is 0 Å². The number of hydrogen-bond acceptors (Lipinski definition) is 3. The molecular formula is C17H34N2O. The maximum Gasteiger partial charge on any atom is 0.0703 e. The molecule has 0 amide bonds. The smallest absolute Gasteiger partial charge is 0.0703 e. The second-order valence-corrected chi connectivity index (χ2v) is 7.20. The Labute approximate surface area is 125 Å². The molecule has 3 unspecified atom stereocenters. The van der Waals surface area contributed by atoms with E-state index in [1.807, 2.05) is 0 Å². The summed E-state index contributed by atoms with van der Waals surface area (Å²) in [6.45, 7) is 11.0. The minimum atomic E-state index is 0.230. The third-order valence-electron chi connectivity index (χ3n) is 5.68. The lowest BCUT2D eigenvalue weighted by atomic mass is 9.70. The van der Waals surface area contributed by atoms with E-state index in [1.54, 1.807) is 0 Å². The Bertz CT molecular complexity index is 289. The Morgan fingerprint density at radius 3 is 2.65 bits per heavy atom. The quantitative estimate of drug-likeness (QED) is 0.814. The molecule has 0 aromatic rings. The van der Waals surface area contributed by atoms with Crippen LogP contribution >= 0.6 is 0 Å². The molecule has 1 saturated carbocycles. The van der Waals surface area contributed by atoms with Crippen molar-refractivity contribution >= 4 is 0 Å². The standard InChI is InChI=1S/C17H34N2O/c1-4-19(12-16-8-6-10-20-16)17(13-18)9-5-7-15(11-17)14(2)3/h14-16H,4-13,18H2,1-3H3. The molecule has 0 bridgehead atoms. The zero-order chi connectivity index (χ0) is 14.6. The Morgan fingerprint density at radius 1 is 1.30 bits per heavy atom. The second-order valence-electron chi connectivity index (χ2n) is 7.20. The summed E-state index contributed by atoms with van der Waals surface area (Å²) in [6.07, 6.45) is 8.17. The molecule has 0 radical (unpaired) electrons. The normalized spacial score (nSPS) is 35.1. The van der Waals surface area contributed by atoms with Gasteiger partial charge in [0.05, 0.1) is 6.10 Å². The Balaban J connectivity index is 2.05. The van der Waals surface area contributed by atoms with Crippen LogP contribution in [0.2, 0.25) is 0 Å². The molecule has 2 fully saturated rings. The zero-order valence-corrected chi connectivity index (χ0v) is 13.7. The van der Waals surface area contributed by atoms with Gasteiger partial charge in [-0.1, -0.05) is 33.6 Å². The van der Waals surface area contributed by atoms with Crippen LogP contribution in [0, 0.1) is 11.8 Å². The van der Waals surface area contributed by atoms with E-state index in [9.17, 15) is 0 Å². The fraction of sp³-hybridized carbons (Fsp3) is 1.00. The van der Waals surface area contributed by atoms with Crippen LogP contribution < -0.4 is 5.73 Å². The molecule has 0 aromatic carbocycles. The van der Waals surface area contributed by atoms with E-state index in [0.29, 0.717) is 6.10 Å². The van der Waals surface area contributed by atoms with Gasteiger partial charge < -0.3 is 10.5 Å². The highest BCUT2D eigenvalue weighted by atomic mass is 16.5. The molecular weight excluding hydrogens is 248 g/mol. The highest BCUT2D eigenvalue weighted by Gasteiger charge is 2.41. The molecule has 0 aromatic heterocycles. The largest absolute Gasteiger partial charge is 0.377 e. The third kappa shape index (κ3) is 3.55. The maximum absolute atomic E-state index is 6.27. The lowest BCUT2D eigenvalue weighted by Gasteiger charge is -2.49. The van der Waals surface area contributed by atoms with Crippen molar-refractivity contribution in [3.63, 3.8) is 0 Å². The van der Waals surface area contributed by atoms with Gasteiger partial charge in [0.25, 0.3) is 0 Å². The Morgan fingerprint density at radius 2 is 2.10 bits per heavy atom. The molecule has 118 valence electrons. The minimum Gasteiger partial charge on any atom is -0.377 e. The summed E-state index contributed by atoms with van der Waals surface area (Å²) in [6, 6.07) is 0. The van der Waals surface area contributed by atoms with Crippen LogP contribution in [0.5, 0.6) is 0 Å². The van der Waals surface area contributed by atoms with Gasteiger partial charge in [0.1, 0.15) is 0 Å². The molecule has 2 aliphatic rings. The summed E-state index contributed by atoms with van der Waals surface area (Å²) in [5, 5.41) is 0. The Kier molecular flexibility index (Phi) is 5.88. The fourth-order valence-corrected chi connectivity index (χ4v) is 4.25. The highest BCUT2D eigenvalue weighted by Crippen LogP contribution is 2.40. The van der Waals surface area contributed by atoms with Gasteiger partial charge >= 0.3 is 0 Å². The SMILES string of the molecule is CCN(CC1CCCO1)C1(CN)CCCC(C(C)C)C1. The molecule has 2 rings (SSSR count). The van der Waals surface area contributed by atoms with Crippen molar-refractivity contribution in [2.24, 2.45) is 17.6 Å². The van der Waals surface area contributed by atoms with E-state index in [-0.39, 0.29) is 5.54 Å². The molecule has 3 atom stereocenters. The van der Waals surface area contributed by atoms with E-state index in [0.717, 1.165) is 38.1 Å². The minimum absolute atomic E-state index is 0.230. The van der Waals surface area contributed by atoms with E-state index >= 15 is 0 Å². The molecule has 1 aliphatic carbocycles. The van der Waals surface area contributed by atoms with E-state index in [4.69, 9.17) is 10.5 Å². The number of ether oxygens (including phenoxy) is 1. The molecule has 2 N–H and O–H groups in total. The summed E-state index contributed by atoms with van der Waals surface area (Å²) in [5.41, 5.74) is 6.50. The average Bonchev–Trinajstić information content (AvgIpc) is 2.97. The van der Waals surface area contributed by atoms with Crippen LogP contribution in [-0.2, 0) is 4.74 Å². The van der Waals surface area contributed by atoms with E-state index < -0.39 is 0 Å². The van der Waals surface area contributed by atoms with Crippen LogP contribution in [0.1, 0.15) is 59.3 Å². The van der Waals surface area contributed by atoms with E-state index in [1.165, 1.54) is 38.5 Å². The maximum atomic E-state index is 6.27. The number of rotatable bonds is 6. The summed E-state index contributed by atoms with van der Waals surface area (Å²) in [4.78, 5) is 2.65. The van der Waals surface area contributed by atoms with Crippen molar-refractivity contribution in [2.75, 3.05) is 26.2 Å². The van der Waals surface area contributed by atoms with Crippen molar-refractivity contribution in [1.82, 2.24) is 4.90 Å². The molecule has 20 heavy (non-hydrogen) atoms.